The van der Waals surface area contributed by atoms with Gasteiger partial charge < -0.3 is 39.2 Å². The SMILES string of the molecule is COc1ccc(COC(=O)C2=C(C=Cc3cccc(OC(C)=O)c3OC(C)=O)CS[C@@H]3[C@H](NC(=O)/C(=N\OC(C)(C)C(=O)OC(C)(C)C)c4csc(NC(c5ccccc5)(c5ccccc5)c5ccccc5)n4)C(=O)N23)cc1. The summed E-state index contributed by atoms with van der Waals surface area (Å²) < 4.78 is 27.5. The molecule has 2 atom stereocenters. The number of nitrogens with zero attached hydrogens (tertiary/aromatic N) is 3. The number of benzene rings is 5. The minimum absolute atomic E-state index is 0.00550. The molecule has 2 aliphatic rings. The number of hydrogen-bond acceptors (Lipinski definition) is 17. The maximum Gasteiger partial charge on any atom is 0.355 e. The van der Waals surface area contributed by atoms with Gasteiger partial charge in [0.15, 0.2) is 22.3 Å². The van der Waals surface area contributed by atoms with Crippen LogP contribution in [0.15, 0.2) is 161 Å². The van der Waals surface area contributed by atoms with Gasteiger partial charge in [-0.2, -0.15) is 0 Å². The second kappa shape index (κ2) is 23.8. The quantitative estimate of drug-likeness (QED) is 0.0193. The number of fused-ring (bicyclic) bond motifs is 1. The van der Waals surface area contributed by atoms with E-state index < -0.39 is 63.8 Å². The molecule has 5 aromatic carbocycles. The van der Waals surface area contributed by atoms with Gasteiger partial charge in [0, 0.05) is 30.5 Å². The molecule has 0 saturated carbocycles. The molecule has 0 unspecified atom stereocenters. The fourth-order valence-electron chi connectivity index (χ4n) is 8.44. The number of anilines is 1. The third-order valence-corrected chi connectivity index (χ3v) is 14.2. The highest BCUT2D eigenvalue weighted by atomic mass is 32.2. The van der Waals surface area contributed by atoms with Gasteiger partial charge in [-0.05, 0) is 80.6 Å². The first kappa shape index (κ1) is 55.7. The molecule has 19 heteroatoms. The molecule has 1 fully saturated rings. The molecule has 8 rings (SSSR count). The topological polar surface area (TPSA) is 210 Å². The summed E-state index contributed by atoms with van der Waals surface area (Å²) in [6.07, 6.45) is 3.14. The number of carbonyl (C=O) groups excluding carboxylic acids is 6. The monoisotopic (exact) mass is 1090 g/mol. The summed E-state index contributed by atoms with van der Waals surface area (Å²) in [5.74, 6) is -3.70. The van der Waals surface area contributed by atoms with Crippen LogP contribution in [0.1, 0.15) is 82.0 Å². The van der Waals surface area contributed by atoms with E-state index >= 15 is 0 Å². The lowest BCUT2D eigenvalue weighted by atomic mass is 9.77. The van der Waals surface area contributed by atoms with E-state index in [9.17, 15) is 28.8 Å². The van der Waals surface area contributed by atoms with Crippen LogP contribution in [0.3, 0.4) is 0 Å². The van der Waals surface area contributed by atoms with Crippen LogP contribution in [0.4, 0.5) is 5.13 Å². The normalized spacial score (nSPS) is 15.6. The first-order valence-electron chi connectivity index (χ1n) is 24.6. The van der Waals surface area contributed by atoms with Crippen molar-refractivity contribution < 1.29 is 57.3 Å². The lowest BCUT2D eigenvalue weighted by molar-refractivity contribution is -0.179. The Bertz CT molecular complexity index is 3200. The molecule has 0 bridgehead atoms. The molecule has 6 aromatic rings. The largest absolute Gasteiger partial charge is 0.497 e. The molecular formula is C59H57N5O12S2. The van der Waals surface area contributed by atoms with Crippen molar-refractivity contribution in [2.45, 2.75) is 83.2 Å². The highest BCUT2D eigenvalue weighted by molar-refractivity contribution is 8.00. The smallest absolute Gasteiger partial charge is 0.355 e. The minimum atomic E-state index is -1.70. The second-order valence-electron chi connectivity index (χ2n) is 19.4. The van der Waals surface area contributed by atoms with Crippen LogP contribution in [0.25, 0.3) is 6.08 Å². The van der Waals surface area contributed by atoms with Gasteiger partial charge >= 0.3 is 23.9 Å². The summed E-state index contributed by atoms with van der Waals surface area (Å²) in [4.78, 5) is 93.3. The van der Waals surface area contributed by atoms with E-state index in [1.54, 1.807) is 74.7 Å². The Morgan fingerprint density at radius 2 is 1.37 bits per heavy atom. The molecule has 0 radical (unpaired) electrons. The average Bonchev–Trinajstić information content (AvgIpc) is 3.92. The Morgan fingerprint density at radius 1 is 0.769 bits per heavy atom. The van der Waals surface area contributed by atoms with Crippen molar-refractivity contribution in [1.29, 1.82) is 0 Å². The zero-order valence-electron chi connectivity index (χ0n) is 44.1. The number of para-hydroxylation sites is 1. The summed E-state index contributed by atoms with van der Waals surface area (Å²) in [5.41, 5.74) is 0.109. The number of methoxy groups -OCH3 is 1. The molecule has 2 N–H and O–H groups in total. The van der Waals surface area contributed by atoms with Crippen LogP contribution in [-0.2, 0) is 55.2 Å². The predicted molar refractivity (Wildman–Crippen MR) is 295 cm³/mol. The van der Waals surface area contributed by atoms with Crippen LogP contribution in [0.5, 0.6) is 17.2 Å². The summed E-state index contributed by atoms with van der Waals surface area (Å²) in [6, 6.07) is 40.0. The van der Waals surface area contributed by atoms with Crippen LogP contribution in [-0.4, -0.2) is 86.8 Å². The van der Waals surface area contributed by atoms with Gasteiger partial charge in [-0.1, -0.05) is 133 Å². The maximum atomic E-state index is 14.8. The Balaban J connectivity index is 1.13. The molecule has 1 aromatic heterocycles. The average molecular weight is 1090 g/mol. The van der Waals surface area contributed by atoms with Gasteiger partial charge in [-0.3, -0.25) is 24.1 Å². The van der Waals surface area contributed by atoms with E-state index in [0.717, 1.165) is 16.7 Å². The molecule has 2 aliphatic heterocycles. The number of amides is 2. The summed E-state index contributed by atoms with van der Waals surface area (Å²) >= 11 is 2.47. The number of allylic oxidation sites excluding steroid dienone is 1. The number of ether oxygens (including phenoxy) is 5. The number of rotatable bonds is 19. The summed E-state index contributed by atoms with van der Waals surface area (Å²) in [5, 5.41) is 12.0. The number of thiazole rings is 1. The highest BCUT2D eigenvalue weighted by Crippen LogP contribution is 2.43. The number of carbonyl (C=O) groups is 6. The Morgan fingerprint density at radius 3 is 1.94 bits per heavy atom. The zero-order valence-corrected chi connectivity index (χ0v) is 45.7. The van der Waals surface area contributed by atoms with Crippen LogP contribution in [0, 0.1) is 0 Å². The molecule has 17 nitrogen and oxygen atoms in total. The Kier molecular flexibility index (Phi) is 17.0. The second-order valence-corrected chi connectivity index (χ2v) is 21.4. The number of thioether (sulfide) groups is 1. The first-order valence-corrected chi connectivity index (χ1v) is 26.6. The molecule has 402 valence electrons. The molecule has 2 amide bonds. The molecular weight excluding hydrogens is 1030 g/mol. The fraction of sp³-hybridized carbons (Fsp3) is 0.254. The van der Waals surface area contributed by atoms with Gasteiger partial charge in [0.05, 0.1) is 7.11 Å². The zero-order chi connectivity index (χ0) is 55.8. The van der Waals surface area contributed by atoms with Gasteiger partial charge in [0.1, 0.15) is 46.3 Å². The third kappa shape index (κ3) is 12.6. The van der Waals surface area contributed by atoms with Gasteiger partial charge in [0.25, 0.3) is 11.8 Å². The van der Waals surface area contributed by atoms with Crippen molar-refractivity contribution >= 4 is 75.7 Å². The highest BCUT2D eigenvalue weighted by Gasteiger charge is 2.55. The predicted octanol–water partition coefficient (Wildman–Crippen LogP) is 9.36. The van der Waals surface area contributed by atoms with Gasteiger partial charge in [0.2, 0.25) is 5.60 Å². The maximum absolute atomic E-state index is 14.8. The Labute approximate surface area is 459 Å². The van der Waals surface area contributed by atoms with Crippen LogP contribution < -0.4 is 24.8 Å². The number of esters is 4. The standard InChI is InChI=1S/C59H57N5O12S2/c1-36(65)73-46-26-18-19-39(50(46)74-37(2)66)29-30-40-34-77-53-48(52(68)64(53)49(40)54(69)72-33-38-27-31-44(71-8)32-28-38)61-51(67)47(63-76-58(6,7)55(70)75-57(3,4)5)45-35-78-56(60-45)62-59(41-20-12-9-13-21-41,42-22-14-10-15-23-42)43-24-16-11-17-25-43/h9-32,35,48,53H,33-34H2,1-8H3,(H,60,62)(H,61,67)/b30-29?,63-47-/t48-,53-/m1/s1. The molecule has 0 spiro atoms. The van der Waals surface area contributed by atoms with E-state index in [4.69, 9.17) is 33.5 Å². The lowest BCUT2D eigenvalue weighted by Gasteiger charge is -2.49. The van der Waals surface area contributed by atoms with Crippen molar-refractivity contribution in [3.05, 3.63) is 190 Å². The van der Waals surface area contributed by atoms with E-state index in [1.165, 1.54) is 68.9 Å². The van der Waals surface area contributed by atoms with Crippen LogP contribution in [0.2, 0.25) is 0 Å². The van der Waals surface area contributed by atoms with E-state index in [1.807, 2.05) is 91.0 Å². The van der Waals surface area contributed by atoms with Crippen molar-refractivity contribution in [2.24, 2.45) is 5.16 Å². The van der Waals surface area contributed by atoms with Crippen molar-refractivity contribution in [2.75, 3.05) is 18.2 Å². The molecule has 3 heterocycles. The summed E-state index contributed by atoms with van der Waals surface area (Å²) in [6.45, 7) is 10.3. The first-order chi connectivity index (χ1) is 37.3. The fourth-order valence-corrected chi connectivity index (χ4v) is 10.5. The number of β-lactam (4-membered cyclic amide) rings is 1. The minimum Gasteiger partial charge on any atom is -0.497 e. The van der Waals surface area contributed by atoms with Crippen molar-refractivity contribution in [3.8, 4) is 17.2 Å². The molecule has 78 heavy (non-hydrogen) atoms. The van der Waals surface area contributed by atoms with Gasteiger partial charge in [-0.25, -0.2) is 14.6 Å². The number of aromatic nitrogens is 1. The Hall–Kier alpha value is -8.55. The van der Waals surface area contributed by atoms with E-state index in [0.29, 0.717) is 27.6 Å². The van der Waals surface area contributed by atoms with E-state index in [2.05, 4.69) is 15.8 Å². The van der Waals surface area contributed by atoms with Gasteiger partial charge in [-0.15, -0.1) is 23.1 Å². The number of nitrogens with one attached hydrogen (secondary N) is 2. The van der Waals surface area contributed by atoms with Crippen molar-refractivity contribution in [1.82, 2.24) is 15.2 Å². The third-order valence-electron chi connectivity index (χ3n) is 12.1. The van der Waals surface area contributed by atoms with Crippen molar-refractivity contribution in [3.63, 3.8) is 0 Å². The van der Waals surface area contributed by atoms with E-state index in [-0.39, 0.29) is 41.0 Å². The molecule has 0 aliphatic carbocycles. The van der Waals surface area contributed by atoms with Crippen LogP contribution >= 0.6 is 23.1 Å². The lowest BCUT2D eigenvalue weighted by Crippen LogP contribution is -2.71. The number of oxime groups is 1. The molecule has 1 saturated heterocycles. The number of hydrogen-bond donors (Lipinski definition) is 2. The summed E-state index contributed by atoms with van der Waals surface area (Å²) in [7, 11) is 1.53.